The molecule has 3 fully saturated rings. The maximum atomic E-state index is 16.2. The Bertz CT molecular complexity index is 1890. The van der Waals surface area contributed by atoms with Gasteiger partial charge < -0.3 is 14.5 Å². The number of carbonyl (C=O) groups is 1. The highest BCUT2D eigenvalue weighted by atomic mass is 19.1. The third-order valence-electron chi connectivity index (χ3n) is 8.93. The number of piperazine rings is 1. The van der Waals surface area contributed by atoms with Crippen molar-refractivity contribution in [3.8, 4) is 22.7 Å². The van der Waals surface area contributed by atoms with E-state index in [1.165, 1.54) is 28.8 Å². The smallest absolute Gasteiger partial charge is 0.355 e. The normalized spacial score (nSPS) is 19.3. The van der Waals surface area contributed by atoms with Gasteiger partial charge in [-0.1, -0.05) is 26.5 Å². The molecule has 1 amide bonds. The predicted molar refractivity (Wildman–Crippen MR) is 162 cm³/mol. The van der Waals surface area contributed by atoms with Crippen LogP contribution in [-0.4, -0.2) is 62.1 Å². The average molecular weight is 599 g/mol. The van der Waals surface area contributed by atoms with Gasteiger partial charge in [0.15, 0.2) is 11.5 Å². The Morgan fingerprint density at radius 1 is 1.11 bits per heavy atom. The Kier molecular flexibility index (Phi) is 6.90. The highest BCUT2D eigenvalue weighted by Gasteiger charge is 2.42. The molecular weight excluding hydrogens is 566 g/mol. The molecule has 4 bridgehead atoms. The number of rotatable bonds is 3. The summed E-state index contributed by atoms with van der Waals surface area (Å²) in [4.78, 5) is 44.5. The number of fused-ring (bicyclic) bond motifs is 8. The van der Waals surface area contributed by atoms with Crippen molar-refractivity contribution >= 4 is 22.8 Å². The van der Waals surface area contributed by atoms with E-state index in [9.17, 15) is 9.59 Å². The molecule has 0 spiro atoms. The molecule has 11 heteroatoms. The topological polar surface area (TPSA) is 93.5 Å². The van der Waals surface area contributed by atoms with Gasteiger partial charge in [0.05, 0.1) is 28.9 Å². The summed E-state index contributed by atoms with van der Waals surface area (Å²) < 4.78 is 39.0. The number of benzene rings is 1. The fourth-order valence-electron chi connectivity index (χ4n) is 6.87. The van der Waals surface area contributed by atoms with Gasteiger partial charge in [-0.25, -0.2) is 23.1 Å². The van der Waals surface area contributed by atoms with Crippen molar-refractivity contribution in [2.24, 2.45) is 0 Å². The van der Waals surface area contributed by atoms with Crippen molar-refractivity contribution in [2.45, 2.75) is 57.5 Å². The molecule has 1 aromatic carbocycles. The van der Waals surface area contributed by atoms with Crippen LogP contribution in [0, 0.1) is 11.6 Å². The number of ether oxygens (including phenoxy) is 1. The zero-order chi connectivity index (χ0) is 30.7. The molecule has 44 heavy (non-hydrogen) atoms. The van der Waals surface area contributed by atoms with Crippen LogP contribution in [0.4, 0.5) is 14.6 Å². The molecule has 4 aliphatic rings. The van der Waals surface area contributed by atoms with E-state index in [4.69, 9.17) is 9.72 Å². The quantitative estimate of drug-likeness (QED) is 0.309. The van der Waals surface area contributed by atoms with Crippen LogP contribution in [0.25, 0.3) is 28.0 Å². The maximum Gasteiger partial charge on any atom is 0.355 e. The Labute approximate surface area is 252 Å². The van der Waals surface area contributed by atoms with Crippen LogP contribution in [0.3, 0.4) is 0 Å². The minimum Gasteiger partial charge on any atom is -0.493 e. The number of carbonyl (C=O) groups excluding carboxylic acids is 1. The van der Waals surface area contributed by atoms with Gasteiger partial charge in [0, 0.05) is 31.4 Å². The van der Waals surface area contributed by atoms with Crippen molar-refractivity contribution in [1.29, 1.82) is 0 Å². The first-order valence-corrected chi connectivity index (χ1v) is 15.0. The van der Waals surface area contributed by atoms with Gasteiger partial charge in [-0.15, -0.1) is 0 Å². The molecule has 0 N–H and O–H groups in total. The van der Waals surface area contributed by atoms with Gasteiger partial charge in [-0.3, -0.25) is 9.78 Å². The molecule has 2 atom stereocenters. The molecule has 8 rings (SSSR count). The first-order chi connectivity index (χ1) is 21.3. The molecule has 0 saturated carbocycles. The number of amides is 1. The van der Waals surface area contributed by atoms with Gasteiger partial charge in [0.2, 0.25) is 5.91 Å². The Morgan fingerprint density at radius 2 is 1.93 bits per heavy atom. The molecule has 7 heterocycles. The summed E-state index contributed by atoms with van der Waals surface area (Å²) in [6.07, 6.45) is 5.74. The lowest BCUT2D eigenvalue weighted by Crippen LogP contribution is -2.64. The number of pyridine rings is 2. The van der Waals surface area contributed by atoms with E-state index in [1.54, 1.807) is 17.2 Å². The second-order valence-electron chi connectivity index (χ2n) is 11.9. The maximum absolute atomic E-state index is 16.2. The zero-order valence-electron chi connectivity index (χ0n) is 24.6. The van der Waals surface area contributed by atoms with Crippen LogP contribution in [0.15, 0.2) is 54.0 Å². The highest BCUT2D eigenvalue weighted by molar-refractivity contribution is 5.92. The van der Waals surface area contributed by atoms with Crippen molar-refractivity contribution in [2.75, 3.05) is 24.6 Å². The molecule has 4 aliphatic heterocycles. The standard InChI is InChI=1S/C33H32F2N6O3/c1-4-26(42)39-16-21-11-10-20(39)17-40(21)31-22-15-24(35)29-27-23(34)8-5-9-25(27)44-14-6-7-19-12-13-36-28(18(2)3)30(19)41(32(22)37-29)33(43)38-31/h4-5,8-9,12-13,15,18,20-21H,1,6-7,10-11,14,16-17H2,2-3H3. The van der Waals surface area contributed by atoms with E-state index < -0.39 is 17.3 Å². The molecule has 0 radical (unpaired) electrons. The minimum atomic E-state index is -0.765. The fourth-order valence-corrected chi connectivity index (χ4v) is 6.87. The average Bonchev–Trinajstić information content (AvgIpc) is 3.02. The molecule has 226 valence electrons. The van der Waals surface area contributed by atoms with Crippen LogP contribution in [-0.2, 0) is 11.2 Å². The number of nitrogens with zero attached hydrogens (tertiary/aromatic N) is 6. The fraction of sp³-hybridized carbons (Fsp3) is 0.364. The summed E-state index contributed by atoms with van der Waals surface area (Å²) in [6.45, 7) is 8.73. The number of hydrogen-bond donors (Lipinski definition) is 0. The van der Waals surface area contributed by atoms with Gasteiger partial charge in [0.25, 0.3) is 0 Å². The molecule has 4 aromatic rings. The van der Waals surface area contributed by atoms with E-state index in [0.717, 1.165) is 18.4 Å². The number of anilines is 1. The lowest BCUT2D eigenvalue weighted by atomic mass is 9.90. The summed E-state index contributed by atoms with van der Waals surface area (Å²) in [5.41, 5.74) is 1.30. The van der Waals surface area contributed by atoms with E-state index >= 15 is 8.78 Å². The summed E-state index contributed by atoms with van der Waals surface area (Å²) in [5, 5.41) is 0.320. The Morgan fingerprint density at radius 3 is 2.68 bits per heavy atom. The van der Waals surface area contributed by atoms with E-state index in [2.05, 4.69) is 16.5 Å². The van der Waals surface area contributed by atoms with E-state index in [1.807, 2.05) is 24.8 Å². The first kappa shape index (κ1) is 28.1. The number of hydrogen-bond acceptors (Lipinski definition) is 7. The zero-order valence-corrected chi connectivity index (χ0v) is 24.6. The van der Waals surface area contributed by atoms with Crippen LogP contribution in [0.1, 0.15) is 50.3 Å². The molecule has 3 aromatic heterocycles. The molecule has 0 aliphatic carbocycles. The lowest BCUT2D eigenvalue weighted by Gasteiger charge is -2.51. The summed E-state index contributed by atoms with van der Waals surface area (Å²) in [6, 6.07) is 7.27. The molecule has 9 nitrogen and oxygen atoms in total. The van der Waals surface area contributed by atoms with Gasteiger partial charge in [-0.2, -0.15) is 4.98 Å². The van der Waals surface area contributed by atoms with Gasteiger partial charge >= 0.3 is 5.69 Å². The SMILES string of the molecule is C=CC(=O)N1CC2CCC1CN2c1nc(=O)n2c3nc(c(F)cc13)-c1c(F)cccc1OCCCc1ccnc(C(C)C)c1-2. The van der Waals surface area contributed by atoms with Gasteiger partial charge in [-0.05, 0) is 67.5 Å². The summed E-state index contributed by atoms with van der Waals surface area (Å²) >= 11 is 0. The third kappa shape index (κ3) is 4.44. The Hall–Kier alpha value is -4.67. The van der Waals surface area contributed by atoms with Crippen LogP contribution >= 0.6 is 0 Å². The lowest BCUT2D eigenvalue weighted by molar-refractivity contribution is -0.131. The molecule has 3 saturated heterocycles. The predicted octanol–water partition coefficient (Wildman–Crippen LogP) is 4.93. The number of piperidine rings is 2. The largest absolute Gasteiger partial charge is 0.493 e. The second-order valence-corrected chi connectivity index (χ2v) is 11.9. The molecule has 2 unspecified atom stereocenters. The van der Waals surface area contributed by atoms with E-state index in [0.29, 0.717) is 48.5 Å². The van der Waals surface area contributed by atoms with Crippen molar-refractivity contribution in [1.82, 2.24) is 24.4 Å². The van der Waals surface area contributed by atoms with Crippen molar-refractivity contribution in [3.63, 3.8) is 0 Å². The highest BCUT2D eigenvalue weighted by Crippen LogP contribution is 2.40. The van der Waals surface area contributed by atoms with Crippen molar-refractivity contribution in [3.05, 3.63) is 82.6 Å². The number of aryl methyl sites for hydroxylation is 1. The summed E-state index contributed by atoms with van der Waals surface area (Å²) in [5.74, 6) is -1.16. The molecular formula is C33H32F2N6O3. The monoisotopic (exact) mass is 598 g/mol. The first-order valence-electron chi connectivity index (χ1n) is 15.0. The van der Waals surface area contributed by atoms with Crippen LogP contribution < -0.4 is 15.3 Å². The number of aromatic nitrogens is 4. The Balaban J connectivity index is 1.53. The van der Waals surface area contributed by atoms with Crippen molar-refractivity contribution < 1.29 is 18.3 Å². The number of halogens is 2. The second kappa shape index (κ2) is 10.8. The summed E-state index contributed by atoms with van der Waals surface area (Å²) in [7, 11) is 0. The van der Waals surface area contributed by atoms with E-state index in [-0.39, 0.29) is 53.2 Å². The van der Waals surface area contributed by atoms with Gasteiger partial charge in [0.1, 0.15) is 23.1 Å². The third-order valence-corrected chi connectivity index (χ3v) is 8.93. The minimum absolute atomic E-state index is 0.0555. The van der Waals surface area contributed by atoms with Crippen LogP contribution in [0.2, 0.25) is 0 Å². The van der Waals surface area contributed by atoms with Crippen LogP contribution in [0.5, 0.6) is 5.75 Å².